The standard InChI is InChI=1S/C37H46ClFN2O5Si/c1-35(2,3)46-34(43)41-23-32(33(42)40-37(20-13-21-37)30-19-18-26(38)22-31(30)39)44-24-27(41)25-45-47(36(4,5)6,28-14-9-7-10-15-28)29-16-11-8-12-17-29/h7-12,14-19,22,27,32H,13,20-21,23-25H2,1-6H3,(H,40,42)/t27-,32-/m0/s1. The van der Waals surface area contributed by atoms with Gasteiger partial charge >= 0.3 is 6.09 Å². The maximum Gasteiger partial charge on any atom is 0.410 e. The molecule has 0 bridgehead atoms. The zero-order valence-electron chi connectivity index (χ0n) is 28.1. The maximum atomic E-state index is 15.0. The molecule has 5 rings (SSSR count). The smallest absolute Gasteiger partial charge is 0.410 e. The van der Waals surface area contributed by atoms with Gasteiger partial charge in [0.05, 0.1) is 31.3 Å². The van der Waals surface area contributed by atoms with Gasteiger partial charge in [0.2, 0.25) is 0 Å². The molecule has 2 amide bonds. The van der Waals surface area contributed by atoms with Gasteiger partial charge in [0.25, 0.3) is 14.2 Å². The van der Waals surface area contributed by atoms with Gasteiger partial charge in [0, 0.05) is 10.6 Å². The molecule has 2 aliphatic rings. The summed E-state index contributed by atoms with van der Waals surface area (Å²) in [5.74, 6) is -0.864. The van der Waals surface area contributed by atoms with E-state index in [0.717, 1.165) is 16.8 Å². The summed E-state index contributed by atoms with van der Waals surface area (Å²) >= 11 is 6.00. The van der Waals surface area contributed by atoms with Crippen molar-refractivity contribution in [2.75, 3.05) is 19.8 Å². The van der Waals surface area contributed by atoms with Crippen LogP contribution in [0.5, 0.6) is 0 Å². The Hall–Kier alpha value is -3.24. The van der Waals surface area contributed by atoms with Gasteiger partial charge in [0.1, 0.15) is 11.4 Å². The number of rotatable bonds is 8. The van der Waals surface area contributed by atoms with Crippen molar-refractivity contribution >= 4 is 42.3 Å². The number of carbonyl (C=O) groups excluding carboxylic acids is 2. The second-order valence-electron chi connectivity index (χ2n) is 14.6. The van der Waals surface area contributed by atoms with Crippen LogP contribution in [-0.4, -0.2) is 62.7 Å². The molecule has 0 spiro atoms. The van der Waals surface area contributed by atoms with Crippen LogP contribution in [0.1, 0.15) is 66.4 Å². The molecule has 252 valence electrons. The van der Waals surface area contributed by atoms with Crippen LogP contribution in [0.25, 0.3) is 0 Å². The number of nitrogens with zero attached hydrogens (tertiary/aromatic N) is 1. The van der Waals surface area contributed by atoms with Crippen molar-refractivity contribution < 1.29 is 27.9 Å². The van der Waals surface area contributed by atoms with E-state index >= 15 is 0 Å². The number of ether oxygens (including phenoxy) is 2. The molecule has 2 fully saturated rings. The van der Waals surface area contributed by atoms with Crippen molar-refractivity contribution in [1.29, 1.82) is 0 Å². The summed E-state index contributed by atoms with van der Waals surface area (Å²) in [4.78, 5) is 29.0. The first-order valence-electron chi connectivity index (χ1n) is 16.3. The van der Waals surface area contributed by atoms with Crippen LogP contribution in [0.2, 0.25) is 10.1 Å². The Labute approximate surface area is 283 Å². The van der Waals surface area contributed by atoms with E-state index < -0.39 is 49.4 Å². The summed E-state index contributed by atoms with van der Waals surface area (Å²) in [5.41, 5.74) is -1.20. The quantitative estimate of drug-likeness (QED) is 0.273. The SMILES string of the molecule is CC(C)(C)OC(=O)N1C[C@@H](C(=O)NC2(c3ccc(Cl)cc3F)CCC2)OC[C@H]1CO[Si](c1ccccc1)(c1ccccc1)C(C)(C)C. The monoisotopic (exact) mass is 680 g/mol. The highest BCUT2D eigenvalue weighted by molar-refractivity contribution is 6.99. The van der Waals surface area contributed by atoms with E-state index in [-0.39, 0.29) is 24.8 Å². The van der Waals surface area contributed by atoms with Crippen LogP contribution in [-0.2, 0) is 24.2 Å². The number of nitrogens with one attached hydrogen (secondary N) is 1. The van der Waals surface area contributed by atoms with E-state index in [1.54, 1.807) is 17.0 Å². The molecule has 0 radical (unpaired) electrons. The number of hydrogen-bond acceptors (Lipinski definition) is 5. The minimum Gasteiger partial charge on any atom is -0.444 e. The molecule has 3 aromatic carbocycles. The van der Waals surface area contributed by atoms with Gasteiger partial charge in [-0.3, -0.25) is 9.69 Å². The van der Waals surface area contributed by atoms with Gasteiger partial charge in [-0.15, -0.1) is 0 Å². The molecule has 1 aliphatic carbocycles. The average Bonchev–Trinajstić information content (AvgIpc) is 2.99. The normalized spacial score (nSPS) is 19.9. The summed E-state index contributed by atoms with van der Waals surface area (Å²) in [7, 11) is -2.92. The van der Waals surface area contributed by atoms with Gasteiger partial charge in [-0.2, -0.15) is 0 Å². The summed E-state index contributed by atoms with van der Waals surface area (Å²) in [6.07, 6.45) is 0.513. The highest BCUT2D eigenvalue weighted by atomic mass is 35.5. The van der Waals surface area contributed by atoms with Gasteiger partial charge in [-0.1, -0.05) is 99.1 Å². The molecule has 47 heavy (non-hydrogen) atoms. The number of benzene rings is 3. The molecular weight excluding hydrogens is 635 g/mol. The molecule has 0 aromatic heterocycles. The third-order valence-electron chi connectivity index (χ3n) is 9.14. The Balaban J connectivity index is 1.41. The van der Waals surface area contributed by atoms with Crippen molar-refractivity contribution in [3.63, 3.8) is 0 Å². The second kappa shape index (κ2) is 13.7. The van der Waals surface area contributed by atoms with E-state index in [1.807, 2.05) is 57.2 Å². The number of amides is 2. The van der Waals surface area contributed by atoms with E-state index in [9.17, 15) is 14.0 Å². The highest BCUT2D eigenvalue weighted by Crippen LogP contribution is 2.43. The third kappa shape index (κ3) is 7.43. The van der Waals surface area contributed by atoms with Crippen LogP contribution < -0.4 is 15.7 Å². The molecule has 2 atom stereocenters. The molecule has 7 nitrogen and oxygen atoms in total. The number of halogens is 2. The third-order valence-corrected chi connectivity index (χ3v) is 14.4. The van der Waals surface area contributed by atoms with E-state index in [0.29, 0.717) is 23.4 Å². The summed E-state index contributed by atoms with van der Waals surface area (Å²) < 4.78 is 34.2. The molecule has 1 N–H and O–H groups in total. The molecule has 10 heteroatoms. The van der Waals surface area contributed by atoms with Crippen molar-refractivity contribution in [2.24, 2.45) is 0 Å². The lowest BCUT2D eigenvalue weighted by molar-refractivity contribution is -0.146. The number of carbonyl (C=O) groups is 2. The van der Waals surface area contributed by atoms with Crippen LogP contribution in [0.15, 0.2) is 78.9 Å². The van der Waals surface area contributed by atoms with Gasteiger partial charge in [0.15, 0.2) is 6.10 Å². The first kappa shape index (κ1) is 35.1. The van der Waals surface area contributed by atoms with Crippen LogP contribution in [0.3, 0.4) is 0 Å². The van der Waals surface area contributed by atoms with Crippen LogP contribution in [0.4, 0.5) is 9.18 Å². The molecule has 1 heterocycles. The fourth-order valence-corrected chi connectivity index (χ4v) is 11.5. The topological polar surface area (TPSA) is 77.1 Å². The fraction of sp³-hybridized carbons (Fsp3) is 0.459. The van der Waals surface area contributed by atoms with E-state index in [4.69, 9.17) is 25.5 Å². The Morgan fingerprint density at radius 3 is 2.06 bits per heavy atom. The minimum absolute atomic E-state index is 0.0330. The van der Waals surface area contributed by atoms with Crippen molar-refractivity contribution in [3.05, 3.63) is 95.3 Å². The first-order chi connectivity index (χ1) is 22.2. The molecule has 1 saturated heterocycles. The lowest BCUT2D eigenvalue weighted by Gasteiger charge is -2.47. The van der Waals surface area contributed by atoms with E-state index in [1.165, 1.54) is 6.07 Å². The zero-order valence-corrected chi connectivity index (χ0v) is 29.9. The van der Waals surface area contributed by atoms with Crippen molar-refractivity contribution in [2.45, 2.75) is 89.1 Å². The second-order valence-corrected chi connectivity index (χ2v) is 19.4. The average molecular weight is 681 g/mol. The summed E-state index contributed by atoms with van der Waals surface area (Å²) in [6.45, 7) is 12.2. The predicted octanol–water partition coefficient (Wildman–Crippen LogP) is 6.56. The lowest BCUT2D eigenvalue weighted by Crippen LogP contribution is -2.68. The Kier molecular flexibility index (Phi) is 10.2. The predicted molar refractivity (Wildman–Crippen MR) is 185 cm³/mol. The fourth-order valence-electron chi connectivity index (χ4n) is 6.71. The Bertz CT molecular complexity index is 1520. The number of hydrogen-bond donors (Lipinski definition) is 1. The van der Waals surface area contributed by atoms with Gasteiger partial charge < -0.3 is 19.2 Å². The zero-order chi connectivity index (χ0) is 34.0. The summed E-state index contributed by atoms with van der Waals surface area (Å²) in [6, 6.07) is 24.6. The minimum atomic E-state index is -2.92. The molecule has 1 aliphatic heterocycles. The molecule has 0 unspecified atom stereocenters. The van der Waals surface area contributed by atoms with Gasteiger partial charge in [-0.25, -0.2) is 9.18 Å². The molecule has 3 aromatic rings. The van der Waals surface area contributed by atoms with E-state index in [2.05, 4.69) is 50.4 Å². The maximum absolute atomic E-state index is 15.0. The lowest BCUT2D eigenvalue weighted by atomic mass is 9.71. The first-order valence-corrected chi connectivity index (χ1v) is 18.6. The number of morpholine rings is 1. The van der Waals surface area contributed by atoms with Crippen LogP contribution in [0, 0.1) is 5.82 Å². The Morgan fingerprint density at radius 2 is 1.57 bits per heavy atom. The Morgan fingerprint density at radius 1 is 0.979 bits per heavy atom. The van der Waals surface area contributed by atoms with Crippen molar-refractivity contribution in [1.82, 2.24) is 10.2 Å². The molecular formula is C37H46ClFN2O5Si. The molecule has 1 saturated carbocycles. The highest BCUT2D eigenvalue weighted by Gasteiger charge is 2.51. The largest absolute Gasteiger partial charge is 0.444 e. The van der Waals surface area contributed by atoms with Crippen molar-refractivity contribution in [3.8, 4) is 0 Å². The van der Waals surface area contributed by atoms with Crippen LogP contribution >= 0.6 is 11.6 Å². The summed E-state index contributed by atoms with van der Waals surface area (Å²) in [5, 5.41) is 5.34. The van der Waals surface area contributed by atoms with Gasteiger partial charge in [-0.05, 0) is 67.6 Å².